The van der Waals surface area contributed by atoms with Crippen LogP contribution in [-0.4, -0.2) is 43.8 Å². The summed E-state index contributed by atoms with van der Waals surface area (Å²) >= 11 is 0. The summed E-state index contributed by atoms with van der Waals surface area (Å²) < 4.78 is 70.1. The molecule has 2 atom stereocenters. The minimum Gasteiger partial charge on any atom is -0.352 e. The van der Waals surface area contributed by atoms with Crippen LogP contribution < -0.4 is 9.62 Å². The number of aryl methyl sites for hydroxylation is 1. The largest absolute Gasteiger partial charge is 0.416 e. The van der Waals surface area contributed by atoms with Gasteiger partial charge in [0.25, 0.3) is 10.0 Å². The first-order valence-corrected chi connectivity index (χ1v) is 16.7. The van der Waals surface area contributed by atoms with E-state index in [1.54, 1.807) is 12.1 Å². The van der Waals surface area contributed by atoms with Gasteiger partial charge in [0.15, 0.2) is 0 Å². The molecule has 248 valence electrons. The van der Waals surface area contributed by atoms with Crippen LogP contribution in [-0.2, 0) is 38.8 Å². The molecular weight excluding hydrogens is 627 g/mol. The fourth-order valence-electron chi connectivity index (χ4n) is 5.05. The highest BCUT2D eigenvalue weighted by atomic mass is 32.2. The van der Waals surface area contributed by atoms with E-state index in [0.29, 0.717) is 16.8 Å². The van der Waals surface area contributed by atoms with Gasteiger partial charge in [0.05, 0.1) is 16.1 Å². The summed E-state index contributed by atoms with van der Waals surface area (Å²) in [6, 6.07) is 26.2. The number of benzene rings is 4. The third kappa shape index (κ3) is 9.00. The van der Waals surface area contributed by atoms with Gasteiger partial charge in [-0.3, -0.25) is 13.9 Å². The monoisotopic (exact) mass is 665 g/mol. The van der Waals surface area contributed by atoms with Crippen LogP contribution in [0.2, 0.25) is 0 Å². The van der Waals surface area contributed by atoms with Crippen molar-refractivity contribution in [3.05, 3.63) is 131 Å². The molecule has 0 aromatic heterocycles. The Bertz CT molecular complexity index is 1770. The Kier molecular flexibility index (Phi) is 11.5. The highest BCUT2D eigenvalue weighted by Crippen LogP contribution is 2.33. The molecule has 0 aliphatic rings. The lowest BCUT2D eigenvalue weighted by Crippen LogP contribution is -2.54. The molecule has 4 aromatic rings. The zero-order valence-electron chi connectivity index (χ0n) is 26.4. The topological polar surface area (TPSA) is 86.8 Å². The second kappa shape index (κ2) is 15.3. The van der Waals surface area contributed by atoms with Crippen molar-refractivity contribution in [1.82, 2.24) is 10.2 Å². The lowest BCUT2D eigenvalue weighted by Gasteiger charge is -2.34. The average molecular weight is 666 g/mol. The van der Waals surface area contributed by atoms with Gasteiger partial charge in [-0.1, -0.05) is 85.8 Å². The van der Waals surface area contributed by atoms with Crippen molar-refractivity contribution < 1.29 is 31.2 Å². The van der Waals surface area contributed by atoms with Gasteiger partial charge < -0.3 is 10.2 Å². The van der Waals surface area contributed by atoms with Crippen LogP contribution in [0.25, 0.3) is 0 Å². The predicted octanol–water partition coefficient (Wildman–Crippen LogP) is 6.76. The van der Waals surface area contributed by atoms with Gasteiger partial charge in [0.2, 0.25) is 11.8 Å². The van der Waals surface area contributed by atoms with Crippen LogP contribution in [0.4, 0.5) is 18.9 Å². The van der Waals surface area contributed by atoms with Crippen LogP contribution in [0, 0.1) is 6.92 Å². The summed E-state index contributed by atoms with van der Waals surface area (Å²) in [4.78, 5) is 29.5. The Morgan fingerprint density at radius 3 is 2.09 bits per heavy atom. The van der Waals surface area contributed by atoms with Gasteiger partial charge in [-0.15, -0.1) is 0 Å². The standard InChI is InChI=1S/C36H38F3N3O4S/c1-4-27(3)40-35(44)33(22-28-15-7-5-8-16-28)41(24-29-17-12-11-14-26(29)2)34(43)25-42(47(45,46)32-20-9-6-10-21-32)31-19-13-18-30(23-31)36(37,38)39/h5-21,23,27,33H,4,22,24-25H2,1-3H3,(H,40,44)/t27-,33-/m1/s1. The van der Waals surface area contributed by atoms with E-state index < -0.39 is 46.2 Å². The maximum atomic E-state index is 14.5. The predicted molar refractivity (Wildman–Crippen MR) is 176 cm³/mol. The van der Waals surface area contributed by atoms with Crippen LogP contribution in [0.5, 0.6) is 0 Å². The van der Waals surface area contributed by atoms with Crippen molar-refractivity contribution in [3.8, 4) is 0 Å². The molecule has 2 amide bonds. The van der Waals surface area contributed by atoms with E-state index in [1.807, 2.05) is 69.3 Å². The molecule has 0 aliphatic carbocycles. The number of anilines is 1. The number of carbonyl (C=O) groups excluding carboxylic acids is 2. The molecule has 0 saturated heterocycles. The lowest BCUT2D eigenvalue weighted by molar-refractivity contribution is -0.140. The first-order chi connectivity index (χ1) is 22.3. The van der Waals surface area contributed by atoms with Crippen LogP contribution in [0.15, 0.2) is 114 Å². The number of amides is 2. The Hall–Kier alpha value is -4.64. The number of alkyl halides is 3. The van der Waals surface area contributed by atoms with Gasteiger partial charge in [0, 0.05) is 19.0 Å². The Morgan fingerprint density at radius 2 is 1.47 bits per heavy atom. The SMILES string of the molecule is CC[C@@H](C)NC(=O)[C@@H](Cc1ccccc1)N(Cc1ccccc1C)C(=O)CN(c1cccc(C(F)(F)F)c1)S(=O)(=O)c1ccccc1. The number of rotatable bonds is 13. The van der Waals surface area contributed by atoms with Crippen molar-refractivity contribution in [2.45, 2.75) is 63.3 Å². The van der Waals surface area contributed by atoms with Crippen LogP contribution in [0.1, 0.15) is 42.5 Å². The third-order valence-electron chi connectivity index (χ3n) is 7.95. The van der Waals surface area contributed by atoms with Crippen molar-refractivity contribution in [2.24, 2.45) is 0 Å². The van der Waals surface area contributed by atoms with E-state index in [1.165, 1.54) is 35.2 Å². The molecule has 0 radical (unpaired) electrons. The normalized spacial score (nSPS) is 13.0. The molecule has 0 unspecified atom stereocenters. The minimum atomic E-state index is -4.76. The molecule has 0 saturated carbocycles. The minimum absolute atomic E-state index is 0.0429. The first kappa shape index (κ1) is 35.2. The van der Waals surface area contributed by atoms with Gasteiger partial charge in [0.1, 0.15) is 12.6 Å². The molecule has 47 heavy (non-hydrogen) atoms. The second-order valence-corrected chi connectivity index (χ2v) is 13.2. The summed E-state index contributed by atoms with van der Waals surface area (Å²) in [7, 11) is -4.54. The van der Waals surface area contributed by atoms with Crippen molar-refractivity contribution in [2.75, 3.05) is 10.8 Å². The van der Waals surface area contributed by atoms with Gasteiger partial charge in [-0.25, -0.2) is 8.42 Å². The zero-order valence-corrected chi connectivity index (χ0v) is 27.3. The molecule has 4 rings (SSSR count). The van der Waals surface area contributed by atoms with Crippen LogP contribution >= 0.6 is 0 Å². The molecular formula is C36H38F3N3O4S. The maximum absolute atomic E-state index is 14.5. The summed E-state index contributed by atoms with van der Waals surface area (Å²) in [5, 5.41) is 2.96. The molecule has 0 spiro atoms. The molecule has 0 bridgehead atoms. The third-order valence-corrected chi connectivity index (χ3v) is 9.73. The fourth-order valence-corrected chi connectivity index (χ4v) is 6.48. The molecule has 0 aliphatic heterocycles. The van der Waals surface area contributed by atoms with Gasteiger partial charge in [-0.05, 0) is 67.3 Å². The molecule has 0 heterocycles. The average Bonchev–Trinajstić information content (AvgIpc) is 3.06. The maximum Gasteiger partial charge on any atom is 0.416 e. The fraction of sp³-hybridized carbons (Fsp3) is 0.278. The van der Waals surface area contributed by atoms with E-state index in [4.69, 9.17) is 0 Å². The van der Waals surface area contributed by atoms with E-state index in [2.05, 4.69) is 5.32 Å². The Balaban J connectivity index is 1.85. The number of hydrogen-bond acceptors (Lipinski definition) is 4. The van der Waals surface area contributed by atoms with Crippen LogP contribution in [0.3, 0.4) is 0 Å². The number of halogens is 3. The van der Waals surface area contributed by atoms with E-state index in [-0.39, 0.29) is 29.6 Å². The lowest BCUT2D eigenvalue weighted by atomic mass is 10.0. The Labute approximate surface area is 274 Å². The summed E-state index contributed by atoms with van der Waals surface area (Å²) in [6.07, 6.45) is -4.00. The quantitative estimate of drug-likeness (QED) is 0.171. The first-order valence-electron chi connectivity index (χ1n) is 15.2. The summed E-state index contributed by atoms with van der Waals surface area (Å²) in [5.74, 6) is -1.19. The summed E-state index contributed by atoms with van der Waals surface area (Å²) in [5.41, 5.74) is 0.939. The van der Waals surface area contributed by atoms with Crippen molar-refractivity contribution >= 4 is 27.5 Å². The molecule has 7 nitrogen and oxygen atoms in total. The number of hydrogen-bond donors (Lipinski definition) is 1. The van der Waals surface area contributed by atoms with Gasteiger partial charge >= 0.3 is 6.18 Å². The number of nitrogens with zero attached hydrogens (tertiary/aromatic N) is 2. The second-order valence-electron chi connectivity index (χ2n) is 11.3. The molecule has 4 aromatic carbocycles. The van der Waals surface area contributed by atoms with Crippen molar-refractivity contribution in [3.63, 3.8) is 0 Å². The highest BCUT2D eigenvalue weighted by molar-refractivity contribution is 7.92. The zero-order chi connectivity index (χ0) is 34.2. The Morgan fingerprint density at radius 1 is 0.851 bits per heavy atom. The molecule has 1 N–H and O–H groups in total. The van der Waals surface area contributed by atoms with E-state index in [0.717, 1.165) is 28.8 Å². The smallest absolute Gasteiger partial charge is 0.352 e. The number of carbonyl (C=O) groups is 2. The molecule has 0 fully saturated rings. The number of sulfonamides is 1. The van der Waals surface area contributed by atoms with E-state index in [9.17, 15) is 31.2 Å². The molecule has 11 heteroatoms. The van der Waals surface area contributed by atoms with Gasteiger partial charge in [-0.2, -0.15) is 13.2 Å². The highest BCUT2D eigenvalue weighted by Gasteiger charge is 2.36. The van der Waals surface area contributed by atoms with E-state index >= 15 is 0 Å². The number of nitrogens with one attached hydrogen (secondary N) is 1. The summed E-state index contributed by atoms with van der Waals surface area (Å²) in [6.45, 7) is 4.71. The van der Waals surface area contributed by atoms with Crippen molar-refractivity contribution in [1.29, 1.82) is 0 Å².